The molecule has 1 aromatic heterocycles. The van der Waals surface area contributed by atoms with E-state index in [9.17, 15) is 14.0 Å². The molecule has 4 rings (SSSR count). The highest BCUT2D eigenvalue weighted by Crippen LogP contribution is 2.29. The average molecular weight is 442 g/mol. The topological polar surface area (TPSA) is 62.3 Å². The highest BCUT2D eigenvalue weighted by Gasteiger charge is 2.24. The van der Waals surface area contributed by atoms with Gasteiger partial charge in [0.15, 0.2) is 0 Å². The summed E-state index contributed by atoms with van der Waals surface area (Å²) in [6, 6.07) is 11.7. The lowest BCUT2D eigenvalue weighted by atomic mass is 10.2. The highest BCUT2D eigenvalue weighted by molar-refractivity contribution is 7.98. The zero-order valence-electron chi connectivity index (χ0n) is 16.4. The Kier molecular flexibility index (Phi) is 6.15. The second kappa shape index (κ2) is 8.97. The van der Waals surface area contributed by atoms with Crippen molar-refractivity contribution < 1.29 is 14.0 Å². The third kappa shape index (κ3) is 4.55. The first-order valence-electron chi connectivity index (χ1n) is 9.55. The molecule has 0 aliphatic carbocycles. The minimum absolute atomic E-state index is 0.0769. The summed E-state index contributed by atoms with van der Waals surface area (Å²) in [5, 5.41) is 5.79. The first-order valence-corrected chi connectivity index (χ1v) is 11.4. The number of aromatic nitrogens is 1. The Morgan fingerprint density at radius 2 is 2.13 bits per heavy atom. The van der Waals surface area contributed by atoms with Crippen LogP contribution in [0.1, 0.15) is 33.9 Å². The maximum atomic E-state index is 14.6. The molecule has 1 aliphatic heterocycles. The summed E-state index contributed by atoms with van der Waals surface area (Å²) in [5.74, 6) is -0.240. The Bertz CT molecular complexity index is 1100. The monoisotopic (exact) mass is 441 g/mol. The Morgan fingerprint density at radius 1 is 1.30 bits per heavy atom. The number of hydrogen-bond donors (Lipinski definition) is 1. The van der Waals surface area contributed by atoms with Crippen molar-refractivity contribution >= 4 is 46.3 Å². The van der Waals surface area contributed by atoms with Crippen LogP contribution < -0.4 is 10.2 Å². The molecule has 0 bridgehead atoms. The highest BCUT2D eigenvalue weighted by atomic mass is 32.2. The fourth-order valence-electron chi connectivity index (χ4n) is 3.31. The van der Waals surface area contributed by atoms with Crippen LogP contribution >= 0.6 is 23.1 Å². The van der Waals surface area contributed by atoms with Gasteiger partial charge >= 0.3 is 0 Å². The molecular weight excluding hydrogens is 421 g/mol. The molecule has 8 heteroatoms. The van der Waals surface area contributed by atoms with Gasteiger partial charge in [0, 0.05) is 34.7 Å². The largest absolute Gasteiger partial charge is 0.322 e. The van der Waals surface area contributed by atoms with E-state index in [2.05, 4.69) is 10.3 Å². The Labute approximate surface area is 182 Å². The zero-order chi connectivity index (χ0) is 21.1. The lowest BCUT2D eigenvalue weighted by molar-refractivity contribution is -0.117. The Balaban J connectivity index is 1.47. The Hall–Kier alpha value is -2.71. The number of benzene rings is 2. The normalized spacial score (nSPS) is 13.7. The van der Waals surface area contributed by atoms with Crippen LogP contribution in [0, 0.1) is 12.7 Å². The van der Waals surface area contributed by atoms with Gasteiger partial charge in [-0.2, -0.15) is 0 Å². The number of rotatable bonds is 6. The maximum absolute atomic E-state index is 14.6. The van der Waals surface area contributed by atoms with E-state index in [-0.39, 0.29) is 17.5 Å². The number of nitrogens with zero attached hydrogens (tertiary/aromatic N) is 2. The number of thioether (sulfide) groups is 1. The number of halogens is 1. The van der Waals surface area contributed by atoms with Crippen molar-refractivity contribution in [1.29, 1.82) is 0 Å². The van der Waals surface area contributed by atoms with Gasteiger partial charge in [-0.25, -0.2) is 9.37 Å². The van der Waals surface area contributed by atoms with Crippen LogP contribution in [-0.2, 0) is 10.5 Å². The van der Waals surface area contributed by atoms with Gasteiger partial charge in [-0.1, -0.05) is 12.1 Å². The van der Waals surface area contributed by atoms with Crippen LogP contribution in [0.4, 0.5) is 15.8 Å². The van der Waals surface area contributed by atoms with Gasteiger partial charge in [0.05, 0.1) is 22.0 Å². The summed E-state index contributed by atoms with van der Waals surface area (Å²) in [6.07, 6.45) is 1.17. The van der Waals surface area contributed by atoms with Gasteiger partial charge in [0.2, 0.25) is 5.91 Å². The average Bonchev–Trinajstić information content (AvgIpc) is 3.34. The van der Waals surface area contributed by atoms with E-state index in [4.69, 9.17) is 0 Å². The standard InChI is InChI=1S/C22H20FN3O2S2/c1-14-24-16(12-29-14)13-30-20-6-3-2-5-17(20)22(28)25-15-8-9-19(18(23)11-15)26-10-4-7-21(26)27/h2-3,5-6,8-9,11-12H,4,7,10,13H2,1H3,(H,25,28). The molecule has 0 unspecified atom stereocenters. The van der Waals surface area contributed by atoms with Crippen molar-refractivity contribution in [3.05, 3.63) is 69.9 Å². The van der Waals surface area contributed by atoms with E-state index in [0.29, 0.717) is 30.0 Å². The molecule has 30 heavy (non-hydrogen) atoms. The van der Waals surface area contributed by atoms with Crippen molar-refractivity contribution in [2.45, 2.75) is 30.4 Å². The lowest BCUT2D eigenvalue weighted by Gasteiger charge is -2.17. The number of carbonyl (C=O) groups is 2. The second-order valence-corrected chi connectivity index (χ2v) is 8.99. The number of carbonyl (C=O) groups excluding carboxylic acids is 2. The third-order valence-electron chi connectivity index (χ3n) is 4.74. The van der Waals surface area contributed by atoms with Gasteiger partial charge in [0.25, 0.3) is 5.91 Å². The maximum Gasteiger partial charge on any atom is 0.256 e. The molecule has 0 spiro atoms. The van der Waals surface area contributed by atoms with E-state index in [1.54, 1.807) is 47.4 Å². The SMILES string of the molecule is Cc1nc(CSc2ccccc2C(=O)Nc2ccc(N3CCCC3=O)c(F)c2)cs1. The van der Waals surface area contributed by atoms with E-state index in [1.165, 1.54) is 11.0 Å². The molecule has 0 radical (unpaired) electrons. The molecule has 2 aromatic carbocycles. The van der Waals surface area contributed by atoms with Crippen LogP contribution in [0.2, 0.25) is 0 Å². The van der Waals surface area contributed by atoms with Crippen molar-refractivity contribution in [3.63, 3.8) is 0 Å². The Morgan fingerprint density at radius 3 is 2.83 bits per heavy atom. The van der Waals surface area contributed by atoms with E-state index >= 15 is 0 Å². The third-order valence-corrected chi connectivity index (χ3v) is 6.67. The number of thiazole rings is 1. The van der Waals surface area contributed by atoms with Crippen LogP contribution in [0.5, 0.6) is 0 Å². The van der Waals surface area contributed by atoms with Crippen LogP contribution in [0.15, 0.2) is 52.7 Å². The summed E-state index contributed by atoms with van der Waals surface area (Å²) in [4.78, 5) is 31.4. The van der Waals surface area contributed by atoms with Gasteiger partial charge < -0.3 is 10.2 Å². The minimum Gasteiger partial charge on any atom is -0.322 e. The minimum atomic E-state index is -0.524. The summed E-state index contributed by atoms with van der Waals surface area (Å²) >= 11 is 3.14. The smallest absolute Gasteiger partial charge is 0.256 e. The molecule has 3 aromatic rings. The van der Waals surface area contributed by atoms with Gasteiger partial charge in [-0.15, -0.1) is 23.1 Å². The lowest BCUT2D eigenvalue weighted by Crippen LogP contribution is -2.24. The first kappa shape index (κ1) is 20.6. The summed E-state index contributed by atoms with van der Waals surface area (Å²) in [7, 11) is 0. The molecule has 5 nitrogen and oxygen atoms in total. The van der Waals surface area contributed by atoms with Crippen LogP contribution in [0.3, 0.4) is 0 Å². The fourth-order valence-corrected chi connectivity index (χ4v) is 4.97. The zero-order valence-corrected chi connectivity index (χ0v) is 18.0. The number of amides is 2. The number of anilines is 2. The molecule has 1 saturated heterocycles. The second-order valence-electron chi connectivity index (χ2n) is 6.91. The summed E-state index contributed by atoms with van der Waals surface area (Å²) in [6.45, 7) is 2.48. The number of hydrogen-bond acceptors (Lipinski definition) is 5. The van der Waals surface area contributed by atoms with Gasteiger partial charge in [-0.05, 0) is 43.7 Å². The number of nitrogens with one attached hydrogen (secondary N) is 1. The van der Waals surface area contributed by atoms with E-state index in [1.807, 2.05) is 24.4 Å². The molecular formula is C22H20FN3O2S2. The molecule has 1 aliphatic rings. The van der Waals surface area contributed by atoms with Crippen molar-refractivity contribution in [2.24, 2.45) is 0 Å². The van der Waals surface area contributed by atoms with Gasteiger partial charge in [0.1, 0.15) is 5.82 Å². The molecule has 2 amide bonds. The summed E-state index contributed by atoms with van der Waals surface area (Å²) < 4.78 is 14.6. The van der Waals surface area contributed by atoms with E-state index < -0.39 is 5.82 Å². The van der Waals surface area contributed by atoms with Gasteiger partial charge in [-0.3, -0.25) is 9.59 Å². The van der Waals surface area contributed by atoms with Crippen molar-refractivity contribution in [1.82, 2.24) is 4.98 Å². The quantitative estimate of drug-likeness (QED) is 0.530. The molecule has 2 heterocycles. The first-order chi connectivity index (χ1) is 14.5. The molecule has 0 saturated carbocycles. The molecule has 0 atom stereocenters. The van der Waals surface area contributed by atoms with Crippen LogP contribution in [-0.4, -0.2) is 23.3 Å². The molecule has 1 fully saturated rings. The summed E-state index contributed by atoms with van der Waals surface area (Å²) in [5.41, 5.74) is 2.10. The fraction of sp³-hybridized carbons (Fsp3) is 0.227. The molecule has 1 N–H and O–H groups in total. The van der Waals surface area contributed by atoms with Crippen molar-refractivity contribution in [3.8, 4) is 0 Å². The predicted octanol–water partition coefficient (Wildman–Crippen LogP) is 5.26. The predicted molar refractivity (Wildman–Crippen MR) is 119 cm³/mol. The van der Waals surface area contributed by atoms with E-state index in [0.717, 1.165) is 22.0 Å². The molecule has 154 valence electrons. The van der Waals surface area contributed by atoms with Crippen molar-refractivity contribution in [2.75, 3.05) is 16.8 Å². The van der Waals surface area contributed by atoms with Crippen LogP contribution in [0.25, 0.3) is 0 Å². The number of aryl methyl sites for hydroxylation is 1.